The van der Waals surface area contributed by atoms with E-state index in [4.69, 9.17) is 0 Å². The van der Waals surface area contributed by atoms with E-state index in [9.17, 15) is 0 Å². The van der Waals surface area contributed by atoms with Gasteiger partial charge in [0.2, 0.25) is 0 Å². The maximum Gasteiger partial charge on any atom is 0.0562 e. The molecule has 64 heavy (non-hydrogen) atoms. The number of para-hydroxylation sites is 1. The first-order valence-electron chi connectivity index (χ1n) is 22.1. The van der Waals surface area contributed by atoms with Gasteiger partial charge in [-0.3, -0.25) is 0 Å². The first-order valence-corrected chi connectivity index (χ1v) is 22.1. The van der Waals surface area contributed by atoms with E-state index in [0.717, 1.165) is 22.6 Å². The van der Waals surface area contributed by atoms with Gasteiger partial charge < -0.3 is 9.47 Å². The van der Waals surface area contributed by atoms with E-state index in [1.165, 1.54) is 98.1 Å². The summed E-state index contributed by atoms with van der Waals surface area (Å²) < 4.78 is 2.47. The summed E-state index contributed by atoms with van der Waals surface area (Å²) in [6, 6.07) is 89.3. The highest BCUT2D eigenvalue weighted by molar-refractivity contribution is 6.23. The standard InChI is InChI=1S/C62H40N2/c1-3-19-43(20-4-1)60-53-27-12-11-26-51(53)52-38-36-47(40-55(52)61(60)44-21-5-2-6-22-44)63(46-35-37-49-45(39-46)34-33-42-18-7-9-24-48(42)49)58-31-16-32-59-62(58)54-28-13-14-29-57(54)64(59)56-30-15-23-41-17-8-10-25-50(41)56/h1-40H. The second-order valence-electron chi connectivity index (χ2n) is 16.8. The van der Waals surface area contributed by atoms with Gasteiger partial charge in [-0.1, -0.05) is 194 Å². The topological polar surface area (TPSA) is 8.17 Å². The number of benzene rings is 12. The number of aromatic nitrogens is 1. The molecule has 0 saturated heterocycles. The predicted molar refractivity (Wildman–Crippen MR) is 274 cm³/mol. The molecule has 0 bridgehead atoms. The Morgan fingerprint density at radius 3 is 1.55 bits per heavy atom. The van der Waals surface area contributed by atoms with Crippen LogP contribution in [0.5, 0.6) is 0 Å². The van der Waals surface area contributed by atoms with Crippen LogP contribution < -0.4 is 4.90 Å². The van der Waals surface area contributed by atoms with Crippen LogP contribution in [0.4, 0.5) is 17.1 Å². The first kappa shape index (κ1) is 36.2. The molecule has 0 aliphatic rings. The number of hydrogen-bond acceptors (Lipinski definition) is 1. The minimum Gasteiger partial charge on any atom is -0.310 e. The van der Waals surface area contributed by atoms with Gasteiger partial charge in [0.1, 0.15) is 0 Å². The Hall–Kier alpha value is -8.46. The molecule has 0 spiro atoms. The Kier molecular flexibility index (Phi) is 8.25. The van der Waals surface area contributed by atoms with Gasteiger partial charge in [0.25, 0.3) is 0 Å². The van der Waals surface area contributed by atoms with Gasteiger partial charge in [-0.25, -0.2) is 0 Å². The Labute approximate surface area is 371 Å². The Morgan fingerprint density at radius 2 is 0.781 bits per heavy atom. The molecule has 298 valence electrons. The van der Waals surface area contributed by atoms with Crippen molar-refractivity contribution in [2.45, 2.75) is 0 Å². The molecule has 0 saturated carbocycles. The number of anilines is 3. The summed E-state index contributed by atoms with van der Waals surface area (Å²) in [6.07, 6.45) is 0. The monoisotopic (exact) mass is 812 g/mol. The van der Waals surface area contributed by atoms with Crippen LogP contribution in [0.1, 0.15) is 0 Å². The van der Waals surface area contributed by atoms with Crippen LogP contribution in [0.3, 0.4) is 0 Å². The van der Waals surface area contributed by atoms with Crippen LogP contribution in [0.25, 0.3) is 104 Å². The fourth-order valence-electron chi connectivity index (χ4n) is 10.5. The largest absolute Gasteiger partial charge is 0.310 e. The number of nitrogens with zero attached hydrogens (tertiary/aromatic N) is 2. The maximum absolute atomic E-state index is 2.50. The lowest BCUT2D eigenvalue weighted by atomic mass is 9.85. The lowest BCUT2D eigenvalue weighted by molar-refractivity contribution is 1.20. The molecule has 2 nitrogen and oxygen atoms in total. The summed E-state index contributed by atoms with van der Waals surface area (Å²) in [7, 11) is 0. The molecule has 1 heterocycles. The van der Waals surface area contributed by atoms with Crippen LogP contribution in [0, 0.1) is 0 Å². The Balaban J connectivity index is 1.15. The molecule has 1 aromatic heterocycles. The summed E-state index contributed by atoms with van der Waals surface area (Å²) in [6.45, 7) is 0. The van der Waals surface area contributed by atoms with Crippen molar-refractivity contribution in [3.05, 3.63) is 243 Å². The van der Waals surface area contributed by atoms with E-state index >= 15 is 0 Å². The van der Waals surface area contributed by atoms with Gasteiger partial charge in [-0.05, 0) is 119 Å². The van der Waals surface area contributed by atoms with E-state index in [-0.39, 0.29) is 0 Å². The van der Waals surface area contributed by atoms with Crippen molar-refractivity contribution in [3.63, 3.8) is 0 Å². The zero-order valence-corrected chi connectivity index (χ0v) is 35.0. The van der Waals surface area contributed by atoms with Gasteiger partial charge in [0.15, 0.2) is 0 Å². The molecule has 2 heteroatoms. The van der Waals surface area contributed by atoms with E-state index in [1.54, 1.807) is 0 Å². The average Bonchev–Trinajstić information content (AvgIpc) is 3.71. The maximum atomic E-state index is 2.50. The lowest BCUT2D eigenvalue weighted by Crippen LogP contribution is -2.10. The third-order valence-electron chi connectivity index (χ3n) is 13.3. The van der Waals surface area contributed by atoms with Crippen molar-refractivity contribution in [1.82, 2.24) is 4.57 Å². The van der Waals surface area contributed by atoms with Crippen molar-refractivity contribution in [3.8, 4) is 27.9 Å². The van der Waals surface area contributed by atoms with Gasteiger partial charge >= 0.3 is 0 Å². The van der Waals surface area contributed by atoms with Crippen molar-refractivity contribution >= 4 is 92.7 Å². The normalized spacial score (nSPS) is 11.8. The van der Waals surface area contributed by atoms with E-state index < -0.39 is 0 Å². The Bertz CT molecular complexity index is 3950. The molecule has 13 rings (SSSR count). The number of rotatable bonds is 6. The van der Waals surface area contributed by atoms with Gasteiger partial charge in [-0.15, -0.1) is 0 Å². The minimum atomic E-state index is 1.09. The molecule has 0 aliphatic heterocycles. The summed E-state index contributed by atoms with van der Waals surface area (Å²) in [5, 5.41) is 14.7. The molecule has 0 unspecified atom stereocenters. The summed E-state index contributed by atoms with van der Waals surface area (Å²) in [4.78, 5) is 2.50. The smallest absolute Gasteiger partial charge is 0.0562 e. The lowest BCUT2D eigenvalue weighted by Gasteiger charge is -2.28. The minimum absolute atomic E-state index is 1.09. The predicted octanol–water partition coefficient (Wildman–Crippen LogP) is 17.4. The van der Waals surface area contributed by atoms with E-state index in [1.807, 2.05) is 0 Å². The molecule has 0 atom stereocenters. The second-order valence-corrected chi connectivity index (χ2v) is 16.8. The van der Waals surface area contributed by atoms with Crippen molar-refractivity contribution < 1.29 is 0 Å². The molecule has 0 N–H and O–H groups in total. The van der Waals surface area contributed by atoms with Gasteiger partial charge in [0.05, 0.1) is 22.4 Å². The number of hydrogen-bond donors (Lipinski definition) is 0. The van der Waals surface area contributed by atoms with Crippen LogP contribution in [0.2, 0.25) is 0 Å². The fourth-order valence-corrected chi connectivity index (χ4v) is 10.5. The Morgan fingerprint density at radius 1 is 0.281 bits per heavy atom. The number of fused-ring (bicyclic) bond motifs is 10. The van der Waals surface area contributed by atoms with E-state index in [0.29, 0.717) is 0 Å². The van der Waals surface area contributed by atoms with Crippen molar-refractivity contribution in [2.75, 3.05) is 4.90 Å². The first-order chi connectivity index (χ1) is 31.8. The summed E-state index contributed by atoms with van der Waals surface area (Å²) >= 11 is 0. The molecule has 0 amide bonds. The molecule has 0 aliphatic carbocycles. The molecule has 0 radical (unpaired) electrons. The quantitative estimate of drug-likeness (QED) is 0.152. The van der Waals surface area contributed by atoms with Gasteiger partial charge in [0, 0.05) is 27.5 Å². The zero-order valence-electron chi connectivity index (χ0n) is 35.0. The molecule has 12 aromatic carbocycles. The van der Waals surface area contributed by atoms with Crippen molar-refractivity contribution in [1.29, 1.82) is 0 Å². The van der Waals surface area contributed by atoms with Crippen LogP contribution in [0.15, 0.2) is 243 Å². The molecular weight excluding hydrogens is 773 g/mol. The van der Waals surface area contributed by atoms with Crippen LogP contribution >= 0.6 is 0 Å². The molecule has 0 fully saturated rings. The highest BCUT2D eigenvalue weighted by atomic mass is 15.1. The third kappa shape index (κ3) is 5.59. The van der Waals surface area contributed by atoms with Crippen LogP contribution in [-0.4, -0.2) is 4.57 Å². The third-order valence-corrected chi connectivity index (χ3v) is 13.3. The molecule has 13 aromatic rings. The summed E-state index contributed by atoms with van der Waals surface area (Å²) in [5.74, 6) is 0. The highest BCUT2D eigenvalue weighted by Gasteiger charge is 2.24. The van der Waals surface area contributed by atoms with Crippen molar-refractivity contribution in [2.24, 2.45) is 0 Å². The highest BCUT2D eigenvalue weighted by Crippen LogP contribution is 2.49. The SMILES string of the molecule is c1ccc(-c2c(-c3ccccc3)c3cc(N(c4ccc5c(ccc6ccccc65)c4)c4cccc5c4c4ccccc4n5-c4cccc5ccccc45)ccc3c3ccccc23)cc1. The fraction of sp³-hybridized carbons (Fsp3) is 0. The molecular formula is C62H40N2. The van der Waals surface area contributed by atoms with E-state index in [2.05, 4.69) is 252 Å². The zero-order chi connectivity index (χ0) is 42.1. The average molecular weight is 813 g/mol. The van der Waals surface area contributed by atoms with Crippen LogP contribution in [-0.2, 0) is 0 Å². The summed E-state index contributed by atoms with van der Waals surface area (Å²) in [5.41, 5.74) is 11.7. The second kappa shape index (κ2) is 14.6. The van der Waals surface area contributed by atoms with Gasteiger partial charge in [-0.2, -0.15) is 0 Å².